The van der Waals surface area contributed by atoms with E-state index >= 15 is 0 Å². The summed E-state index contributed by atoms with van der Waals surface area (Å²) in [5.74, 6) is -0.170. The van der Waals surface area contributed by atoms with Gasteiger partial charge in [-0.2, -0.15) is 0 Å². The van der Waals surface area contributed by atoms with E-state index in [1.54, 1.807) is 18.5 Å². The lowest BCUT2D eigenvalue weighted by molar-refractivity contribution is -0.124. The molecule has 2 aromatic heterocycles. The Labute approximate surface area is 173 Å². The molecule has 9 heteroatoms. The molecular weight excluding hydrogens is 384 g/mol. The Morgan fingerprint density at radius 3 is 2.67 bits per heavy atom. The highest BCUT2D eigenvalue weighted by molar-refractivity contribution is 5.82. The monoisotopic (exact) mass is 410 g/mol. The van der Waals surface area contributed by atoms with Crippen LogP contribution in [0.15, 0.2) is 46.2 Å². The number of hydrogen-bond acceptors (Lipinski definition) is 5. The van der Waals surface area contributed by atoms with E-state index in [0.717, 1.165) is 30.6 Å². The van der Waals surface area contributed by atoms with Crippen LogP contribution < -0.4 is 16.6 Å². The zero-order chi connectivity index (χ0) is 21.4. The van der Waals surface area contributed by atoms with Gasteiger partial charge in [-0.1, -0.05) is 30.3 Å². The Bertz CT molecular complexity index is 1190. The summed E-state index contributed by atoms with van der Waals surface area (Å²) in [6.45, 7) is 4.30. The van der Waals surface area contributed by atoms with Gasteiger partial charge < -0.3 is 9.88 Å². The molecule has 0 radical (unpaired) electrons. The van der Waals surface area contributed by atoms with Crippen molar-refractivity contribution in [2.24, 2.45) is 14.1 Å². The minimum absolute atomic E-state index is 0.0608. The summed E-state index contributed by atoms with van der Waals surface area (Å²) >= 11 is 0. The van der Waals surface area contributed by atoms with Crippen LogP contribution in [0.3, 0.4) is 0 Å². The number of amides is 1. The number of nitrogens with one attached hydrogen (secondary N) is 1. The number of imidazole rings is 1. The Morgan fingerprint density at radius 1 is 1.20 bits per heavy atom. The fraction of sp³-hybridized carbons (Fsp3) is 0.429. The molecular formula is C21H26N6O3. The third-order valence-corrected chi connectivity index (χ3v) is 5.84. The lowest BCUT2D eigenvalue weighted by atomic mass is 10.2. The molecule has 1 aliphatic heterocycles. The first kappa shape index (κ1) is 20.1. The predicted molar refractivity (Wildman–Crippen MR) is 113 cm³/mol. The molecule has 4 rings (SSSR count). The minimum atomic E-state index is -0.622. The molecule has 1 N–H and O–H groups in total. The molecule has 158 valence electrons. The number of nitrogens with zero attached hydrogens (tertiary/aromatic N) is 5. The smallest absolute Gasteiger partial charge is 0.332 e. The molecule has 2 atom stereocenters. The molecule has 1 aromatic carbocycles. The zero-order valence-electron chi connectivity index (χ0n) is 17.4. The highest BCUT2D eigenvalue weighted by Gasteiger charge is 2.27. The maximum absolute atomic E-state index is 12.9. The van der Waals surface area contributed by atoms with Crippen molar-refractivity contribution in [3.63, 3.8) is 0 Å². The molecule has 0 bridgehead atoms. The largest absolute Gasteiger partial charge is 0.350 e. The van der Waals surface area contributed by atoms with E-state index in [4.69, 9.17) is 0 Å². The highest BCUT2D eigenvalue weighted by Crippen LogP contribution is 2.17. The summed E-state index contributed by atoms with van der Waals surface area (Å²) in [5, 5.41) is 3.10. The van der Waals surface area contributed by atoms with Gasteiger partial charge in [0.05, 0.1) is 6.33 Å². The second-order valence-corrected chi connectivity index (χ2v) is 7.92. The van der Waals surface area contributed by atoms with Crippen LogP contribution >= 0.6 is 0 Å². The van der Waals surface area contributed by atoms with Crippen LogP contribution in [0.1, 0.15) is 24.9 Å². The van der Waals surface area contributed by atoms with Crippen LogP contribution in [-0.2, 0) is 25.4 Å². The number of carbonyl (C=O) groups excluding carboxylic acids is 1. The number of likely N-dealkylation sites (tertiary alicyclic amines) is 1. The summed E-state index contributed by atoms with van der Waals surface area (Å²) in [4.78, 5) is 44.1. The van der Waals surface area contributed by atoms with Crippen LogP contribution in [0.5, 0.6) is 0 Å². The van der Waals surface area contributed by atoms with Gasteiger partial charge in [0.2, 0.25) is 5.91 Å². The lowest BCUT2D eigenvalue weighted by Crippen LogP contribution is -2.41. The zero-order valence-corrected chi connectivity index (χ0v) is 17.4. The van der Waals surface area contributed by atoms with E-state index in [1.807, 2.05) is 18.2 Å². The number of aryl methyl sites for hydroxylation is 1. The fourth-order valence-electron chi connectivity index (χ4n) is 4.04. The van der Waals surface area contributed by atoms with Crippen molar-refractivity contribution in [3.05, 3.63) is 63.1 Å². The Kier molecular flexibility index (Phi) is 5.29. The number of hydrogen-bond donors (Lipinski definition) is 1. The Balaban J connectivity index is 1.47. The number of fused-ring (bicyclic) bond motifs is 1. The third-order valence-electron chi connectivity index (χ3n) is 5.84. The van der Waals surface area contributed by atoms with Crippen LogP contribution in [0.2, 0.25) is 0 Å². The van der Waals surface area contributed by atoms with Gasteiger partial charge in [-0.3, -0.25) is 23.6 Å². The number of carbonyl (C=O) groups is 1. The van der Waals surface area contributed by atoms with E-state index in [0.29, 0.717) is 0 Å². The van der Waals surface area contributed by atoms with Crippen molar-refractivity contribution < 1.29 is 4.79 Å². The van der Waals surface area contributed by atoms with Gasteiger partial charge in [-0.05, 0) is 18.9 Å². The summed E-state index contributed by atoms with van der Waals surface area (Å²) in [5.41, 5.74) is 0.876. The van der Waals surface area contributed by atoms with Crippen LogP contribution in [0.4, 0.5) is 0 Å². The summed E-state index contributed by atoms with van der Waals surface area (Å²) in [6.07, 6.45) is 2.33. The first-order valence-electron chi connectivity index (χ1n) is 10.1. The highest BCUT2D eigenvalue weighted by atomic mass is 16.2. The molecule has 1 fully saturated rings. The van der Waals surface area contributed by atoms with Crippen LogP contribution in [0.25, 0.3) is 11.2 Å². The van der Waals surface area contributed by atoms with Crippen LogP contribution in [0, 0.1) is 0 Å². The summed E-state index contributed by atoms with van der Waals surface area (Å²) < 4.78 is 3.89. The lowest BCUT2D eigenvalue weighted by Gasteiger charge is -2.19. The quantitative estimate of drug-likeness (QED) is 0.657. The van der Waals surface area contributed by atoms with Gasteiger partial charge in [0.15, 0.2) is 11.2 Å². The maximum atomic E-state index is 12.9. The average Bonchev–Trinajstić information content (AvgIpc) is 3.38. The molecule has 1 aliphatic rings. The molecule has 9 nitrogen and oxygen atoms in total. The van der Waals surface area contributed by atoms with Crippen molar-refractivity contribution >= 4 is 17.1 Å². The first-order chi connectivity index (χ1) is 14.4. The summed E-state index contributed by atoms with van der Waals surface area (Å²) in [6, 6.07) is 9.71. The van der Waals surface area contributed by atoms with Crippen molar-refractivity contribution in [1.29, 1.82) is 0 Å². The molecule has 0 aliphatic carbocycles. The standard InChI is InChI=1S/C21H26N6O3/c1-14(27-13-22-18-17(27)20(29)25(3)21(30)24(18)2)19(28)23-16-9-10-26(12-16)11-15-7-5-4-6-8-15/h4-8,13-14,16H,9-12H2,1-3H3,(H,23,28). The minimum Gasteiger partial charge on any atom is -0.350 e. The molecule has 2 unspecified atom stereocenters. The molecule has 30 heavy (non-hydrogen) atoms. The van der Waals surface area contributed by atoms with Crippen molar-refractivity contribution in [2.75, 3.05) is 13.1 Å². The van der Waals surface area contributed by atoms with Gasteiger partial charge in [0.25, 0.3) is 5.56 Å². The fourth-order valence-corrected chi connectivity index (χ4v) is 4.04. The first-order valence-corrected chi connectivity index (χ1v) is 10.1. The van der Waals surface area contributed by atoms with Crippen molar-refractivity contribution in [2.45, 2.75) is 32.0 Å². The normalized spacial score (nSPS) is 18.0. The summed E-state index contributed by atoms with van der Waals surface area (Å²) in [7, 11) is 2.98. The van der Waals surface area contributed by atoms with Gasteiger partial charge in [-0.15, -0.1) is 0 Å². The van der Waals surface area contributed by atoms with Gasteiger partial charge in [0.1, 0.15) is 6.04 Å². The van der Waals surface area contributed by atoms with Gasteiger partial charge in [-0.25, -0.2) is 9.78 Å². The number of rotatable bonds is 5. The van der Waals surface area contributed by atoms with Crippen LogP contribution in [-0.4, -0.2) is 48.6 Å². The third kappa shape index (κ3) is 3.56. The second kappa shape index (κ2) is 7.91. The molecule has 3 aromatic rings. The van der Waals surface area contributed by atoms with E-state index in [9.17, 15) is 14.4 Å². The number of benzene rings is 1. The van der Waals surface area contributed by atoms with Crippen molar-refractivity contribution in [1.82, 2.24) is 28.9 Å². The van der Waals surface area contributed by atoms with Gasteiger partial charge in [0, 0.05) is 39.8 Å². The van der Waals surface area contributed by atoms with E-state index in [1.165, 1.54) is 23.5 Å². The maximum Gasteiger partial charge on any atom is 0.332 e. The Hall–Kier alpha value is -3.20. The molecule has 1 amide bonds. The molecule has 3 heterocycles. The predicted octanol–water partition coefficient (Wildman–Crippen LogP) is 0.385. The van der Waals surface area contributed by atoms with E-state index < -0.39 is 17.3 Å². The molecule has 0 spiro atoms. The molecule has 1 saturated heterocycles. The number of aromatic nitrogens is 4. The van der Waals surface area contributed by atoms with E-state index in [-0.39, 0.29) is 23.1 Å². The van der Waals surface area contributed by atoms with Gasteiger partial charge >= 0.3 is 5.69 Å². The second-order valence-electron chi connectivity index (χ2n) is 7.92. The SMILES string of the molecule is CC(C(=O)NC1CCN(Cc2ccccc2)C1)n1cnc2c1c(=O)n(C)c(=O)n2C. The topological polar surface area (TPSA) is 94.2 Å². The Morgan fingerprint density at radius 2 is 1.93 bits per heavy atom. The average molecular weight is 410 g/mol. The molecule has 0 saturated carbocycles. The van der Waals surface area contributed by atoms with E-state index in [2.05, 4.69) is 27.3 Å². The van der Waals surface area contributed by atoms with Crippen molar-refractivity contribution in [3.8, 4) is 0 Å².